The number of hydrogen-bond acceptors (Lipinski definition) is 4. The SMILES string of the molecule is Cc1csc([C@H](C)CNC(=O)c2nn(C)cc2Cl)n1. The van der Waals surface area contributed by atoms with Crippen molar-refractivity contribution < 1.29 is 4.79 Å². The standard InChI is InChI=1S/C12H15ClN4OS/c1-7(12-15-8(2)6-19-12)4-14-11(18)10-9(13)5-17(3)16-10/h5-7H,4H2,1-3H3,(H,14,18)/t7-/m1/s1. The van der Waals surface area contributed by atoms with Gasteiger partial charge in [-0.3, -0.25) is 9.48 Å². The van der Waals surface area contributed by atoms with Crippen molar-refractivity contribution >= 4 is 28.8 Å². The Kier molecular flexibility index (Phi) is 4.21. The number of carbonyl (C=O) groups is 1. The molecule has 0 bridgehead atoms. The Morgan fingerprint density at radius 1 is 1.63 bits per heavy atom. The van der Waals surface area contributed by atoms with Crippen LogP contribution in [0.4, 0.5) is 0 Å². The van der Waals surface area contributed by atoms with Crippen LogP contribution in [0, 0.1) is 6.92 Å². The molecule has 19 heavy (non-hydrogen) atoms. The van der Waals surface area contributed by atoms with Crippen LogP contribution in [0.2, 0.25) is 5.02 Å². The summed E-state index contributed by atoms with van der Waals surface area (Å²) in [5, 5.41) is 10.2. The third-order valence-corrected chi connectivity index (χ3v) is 4.10. The Balaban J connectivity index is 1.95. The minimum absolute atomic E-state index is 0.171. The summed E-state index contributed by atoms with van der Waals surface area (Å²) in [6.45, 7) is 4.50. The molecule has 0 aromatic carbocycles. The molecule has 2 rings (SSSR count). The van der Waals surface area contributed by atoms with Crippen LogP contribution in [0.25, 0.3) is 0 Å². The first-order valence-corrected chi connectivity index (χ1v) is 7.12. The van der Waals surface area contributed by atoms with E-state index in [1.807, 2.05) is 19.2 Å². The van der Waals surface area contributed by atoms with Gasteiger partial charge in [0.1, 0.15) is 0 Å². The molecule has 0 spiro atoms. The van der Waals surface area contributed by atoms with Crippen LogP contribution >= 0.6 is 22.9 Å². The lowest BCUT2D eigenvalue weighted by atomic mass is 10.2. The summed E-state index contributed by atoms with van der Waals surface area (Å²) in [7, 11) is 1.73. The normalized spacial score (nSPS) is 12.4. The predicted octanol–water partition coefficient (Wildman–Crippen LogP) is 2.37. The van der Waals surface area contributed by atoms with Gasteiger partial charge in [-0.1, -0.05) is 18.5 Å². The molecule has 0 aliphatic heterocycles. The topological polar surface area (TPSA) is 59.8 Å². The van der Waals surface area contributed by atoms with E-state index in [0.29, 0.717) is 11.6 Å². The highest BCUT2D eigenvalue weighted by atomic mass is 35.5. The average molecular weight is 299 g/mol. The quantitative estimate of drug-likeness (QED) is 0.943. The summed E-state index contributed by atoms with van der Waals surface area (Å²) in [5.41, 5.74) is 1.26. The van der Waals surface area contributed by atoms with Gasteiger partial charge < -0.3 is 5.32 Å². The minimum Gasteiger partial charge on any atom is -0.350 e. The van der Waals surface area contributed by atoms with E-state index in [1.54, 1.807) is 24.6 Å². The monoisotopic (exact) mass is 298 g/mol. The van der Waals surface area contributed by atoms with Gasteiger partial charge in [0, 0.05) is 36.8 Å². The van der Waals surface area contributed by atoms with Crippen molar-refractivity contribution in [3.05, 3.63) is 33.0 Å². The molecule has 102 valence electrons. The van der Waals surface area contributed by atoms with Gasteiger partial charge in [0.2, 0.25) is 0 Å². The highest BCUT2D eigenvalue weighted by molar-refractivity contribution is 7.09. The number of carbonyl (C=O) groups excluding carboxylic acids is 1. The molecular formula is C12H15ClN4OS. The Bertz CT molecular complexity index is 592. The molecule has 1 amide bonds. The zero-order valence-corrected chi connectivity index (χ0v) is 12.5. The number of hydrogen-bond donors (Lipinski definition) is 1. The Morgan fingerprint density at radius 3 is 2.89 bits per heavy atom. The summed E-state index contributed by atoms with van der Waals surface area (Å²) in [4.78, 5) is 16.3. The second-order valence-corrected chi connectivity index (χ2v) is 5.73. The fourth-order valence-corrected chi connectivity index (χ4v) is 2.75. The van der Waals surface area contributed by atoms with E-state index in [2.05, 4.69) is 15.4 Å². The second kappa shape index (κ2) is 5.71. The molecule has 0 unspecified atom stereocenters. The number of aromatic nitrogens is 3. The average Bonchev–Trinajstić information content (AvgIpc) is 2.92. The number of aryl methyl sites for hydroxylation is 2. The molecule has 0 radical (unpaired) electrons. The van der Waals surface area contributed by atoms with Crippen LogP contribution in [0.5, 0.6) is 0 Å². The second-order valence-electron chi connectivity index (χ2n) is 4.44. The summed E-state index contributed by atoms with van der Waals surface area (Å²) in [6, 6.07) is 0. The van der Waals surface area contributed by atoms with Gasteiger partial charge in [0.15, 0.2) is 5.69 Å². The lowest BCUT2D eigenvalue weighted by Crippen LogP contribution is -2.28. The van der Waals surface area contributed by atoms with E-state index in [9.17, 15) is 4.79 Å². The molecule has 0 saturated heterocycles. The lowest BCUT2D eigenvalue weighted by Gasteiger charge is -2.09. The molecule has 7 heteroatoms. The van der Waals surface area contributed by atoms with E-state index in [1.165, 1.54) is 4.68 Å². The maximum atomic E-state index is 11.9. The minimum atomic E-state index is -0.259. The van der Waals surface area contributed by atoms with Crippen molar-refractivity contribution in [3.8, 4) is 0 Å². The summed E-state index contributed by atoms with van der Waals surface area (Å²) in [6.07, 6.45) is 1.60. The van der Waals surface area contributed by atoms with E-state index in [0.717, 1.165) is 10.7 Å². The first kappa shape index (κ1) is 14.0. The van der Waals surface area contributed by atoms with Gasteiger partial charge >= 0.3 is 0 Å². The summed E-state index contributed by atoms with van der Waals surface area (Å²) < 4.78 is 1.52. The molecular weight excluding hydrogens is 284 g/mol. The molecule has 0 saturated carbocycles. The molecule has 0 fully saturated rings. The number of halogens is 1. The molecule has 0 aliphatic rings. The van der Waals surface area contributed by atoms with Crippen molar-refractivity contribution in [1.29, 1.82) is 0 Å². The van der Waals surface area contributed by atoms with Crippen molar-refractivity contribution in [3.63, 3.8) is 0 Å². The van der Waals surface area contributed by atoms with Crippen molar-refractivity contribution in [2.45, 2.75) is 19.8 Å². The maximum Gasteiger partial charge on any atom is 0.273 e. The van der Waals surface area contributed by atoms with Gasteiger partial charge in [-0.15, -0.1) is 11.3 Å². The number of rotatable bonds is 4. The fourth-order valence-electron chi connectivity index (χ4n) is 1.63. The van der Waals surface area contributed by atoms with Crippen molar-refractivity contribution in [1.82, 2.24) is 20.1 Å². The van der Waals surface area contributed by atoms with E-state index in [4.69, 9.17) is 11.6 Å². The number of amides is 1. The third-order valence-electron chi connectivity index (χ3n) is 2.63. The third kappa shape index (κ3) is 3.33. The van der Waals surface area contributed by atoms with Crippen LogP contribution < -0.4 is 5.32 Å². The summed E-state index contributed by atoms with van der Waals surface area (Å²) >= 11 is 7.53. The lowest BCUT2D eigenvalue weighted by molar-refractivity contribution is 0.0946. The molecule has 0 aliphatic carbocycles. The highest BCUT2D eigenvalue weighted by Gasteiger charge is 2.16. The zero-order valence-electron chi connectivity index (χ0n) is 11.0. The van der Waals surface area contributed by atoms with Crippen LogP contribution in [-0.4, -0.2) is 27.2 Å². The first-order chi connectivity index (χ1) is 8.97. The molecule has 5 nitrogen and oxygen atoms in total. The molecule has 2 aromatic heterocycles. The largest absolute Gasteiger partial charge is 0.350 e. The predicted molar refractivity (Wildman–Crippen MR) is 75.8 cm³/mol. The van der Waals surface area contributed by atoms with Crippen LogP contribution in [0.15, 0.2) is 11.6 Å². The molecule has 1 N–H and O–H groups in total. The summed E-state index contributed by atoms with van der Waals surface area (Å²) in [5.74, 6) is -0.0872. The van der Waals surface area contributed by atoms with E-state index < -0.39 is 0 Å². The van der Waals surface area contributed by atoms with Gasteiger partial charge in [0.25, 0.3) is 5.91 Å². The van der Waals surface area contributed by atoms with E-state index in [-0.39, 0.29) is 17.5 Å². The zero-order chi connectivity index (χ0) is 14.0. The first-order valence-electron chi connectivity index (χ1n) is 5.86. The highest BCUT2D eigenvalue weighted by Crippen LogP contribution is 2.19. The Morgan fingerprint density at radius 2 is 2.37 bits per heavy atom. The molecule has 2 heterocycles. The number of thiazole rings is 1. The Hall–Kier alpha value is -1.40. The van der Waals surface area contributed by atoms with Crippen molar-refractivity contribution in [2.75, 3.05) is 6.54 Å². The fraction of sp³-hybridized carbons (Fsp3) is 0.417. The van der Waals surface area contributed by atoms with Gasteiger partial charge in [0.05, 0.1) is 10.0 Å². The van der Waals surface area contributed by atoms with E-state index >= 15 is 0 Å². The van der Waals surface area contributed by atoms with Gasteiger partial charge in [-0.2, -0.15) is 5.10 Å². The molecule has 1 atom stereocenters. The van der Waals surface area contributed by atoms with Crippen LogP contribution in [0.1, 0.15) is 34.0 Å². The van der Waals surface area contributed by atoms with Crippen LogP contribution in [-0.2, 0) is 7.05 Å². The smallest absolute Gasteiger partial charge is 0.273 e. The maximum absolute atomic E-state index is 11.9. The van der Waals surface area contributed by atoms with Gasteiger partial charge in [-0.25, -0.2) is 4.98 Å². The van der Waals surface area contributed by atoms with Crippen molar-refractivity contribution in [2.24, 2.45) is 7.05 Å². The molecule has 2 aromatic rings. The van der Waals surface area contributed by atoms with Gasteiger partial charge in [-0.05, 0) is 6.92 Å². The number of nitrogens with one attached hydrogen (secondary N) is 1. The van der Waals surface area contributed by atoms with Crippen LogP contribution in [0.3, 0.4) is 0 Å². The Labute approximate surface area is 120 Å². The number of nitrogens with zero attached hydrogens (tertiary/aromatic N) is 3.